The number of carboxylic acid groups (broad SMARTS) is 1. The largest absolute Gasteiger partial charge is 0.481 e. The molecule has 1 heterocycles. The van der Waals surface area contributed by atoms with Gasteiger partial charge in [0.05, 0.1) is 18.3 Å². The van der Waals surface area contributed by atoms with Crippen molar-refractivity contribution < 1.29 is 9.90 Å². The van der Waals surface area contributed by atoms with Crippen LogP contribution < -0.4 is 0 Å². The molecule has 0 saturated heterocycles. The fourth-order valence-corrected chi connectivity index (χ4v) is 1.59. The number of nitrogens with one attached hydrogen (secondary N) is 1. The van der Waals surface area contributed by atoms with Crippen molar-refractivity contribution in [2.75, 3.05) is 0 Å². The second-order valence-corrected chi connectivity index (χ2v) is 3.65. The summed E-state index contributed by atoms with van der Waals surface area (Å²) in [6, 6.07) is 7.45. The average molecular weight is 216 g/mol. The quantitative estimate of drug-likeness (QED) is 0.824. The first-order chi connectivity index (χ1) is 7.65. The number of aliphatic carboxylic acids is 1. The zero-order valence-electron chi connectivity index (χ0n) is 8.90. The van der Waals surface area contributed by atoms with Crippen LogP contribution in [0, 0.1) is 6.92 Å². The van der Waals surface area contributed by atoms with Crippen molar-refractivity contribution in [2.24, 2.45) is 0 Å². The molecule has 0 saturated carbocycles. The lowest BCUT2D eigenvalue weighted by Crippen LogP contribution is -1.99. The van der Waals surface area contributed by atoms with Crippen LogP contribution in [0.1, 0.15) is 11.4 Å². The number of aromatic nitrogens is 2. The van der Waals surface area contributed by atoms with Crippen molar-refractivity contribution in [3.63, 3.8) is 0 Å². The van der Waals surface area contributed by atoms with Crippen molar-refractivity contribution >= 4 is 5.97 Å². The number of benzene rings is 1. The lowest BCUT2D eigenvalue weighted by atomic mass is 10.1. The maximum atomic E-state index is 10.6. The van der Waals surface area contributed by atoms with Crippen LogP contribution in [0.5, 0.6) is 0 Å². The van der Waals surface area contributed by atoms with Gasteiger partial charge in [-0.25, -0.2) is 4.98 Å². The van der Waals surface area contributed by atoms with Gasteiger partial charge in [-0.1, -0.05) is 18.2 Å². The fourth-order valence-electron chi connectivity index (χ4n) is 1.59. The van der Waals surface area contributed by atoms with Gasteiger partial charge in [-0.3, -0.25) is 4.79 Å². The lowest BCUT2D eigenvalue weighted by molar-refractivity contribution is -0.136. The minimum Gasteiger partial charge on any atom is -0.481 e. The predicted molar refractivity (Wildman–Crippen MR) is 60.1 cm³/mol. The highest BCUT2D eigenvalue weighted by Crippen LogP contribution is 2.18. The Hall–Kier alpha value is -2.10. The molecule has 0 aliphatic heterocycles. The molecule has 0 unspecified atom stereocenters. The molecule has 1 aromatic heterocycles. The Labute approximate surface area is 93.0 Å². The third-order valence-corrected chi connectivity index (χ3v) is 2.30. The normalized spacial score (nSPS) is 10.3. The highest BCUT2D eigenvalue weighted by atomic mass is 16.4. The maximum absolute atomic E-state index is 10.6. The molecule has 0 atom stereocenters. The second kappa shape index (κ2) is 4.18. The minimum absolute atomic E-state index is 0.0426. The van der Waals surface area contributed by atoms with Crippen LogP contribution in [0.4, 0.5) is 0 Å². The smallest absolute Gasteiger partial charge is 0.307 e. The first-order valence-electron chi connectivity index (χ1n) is 4.98. The van der Waals surface area contributed by atoms with Gasteiger partial charge in [0.25, 0.3) is 0 Å². The SMILES string of the molecule is Cc1ncc(-c2cccc(CC(=O)O)c2)[nH]1. The van der Waals surface area contributed by atoms with Crippen molar-refractivity contribution in [1.82, 2.24) is 9.97 Å². The Balaban J connectivity index is 2.32. The van der Waals surface area contributed by atoms with Crippen molar-refractivity contribution in [3.05, 3.63) is 41.9 Å². The van der Waals surface area contributed by atoms with Gasteiger partial charge in [0, 0.05) is 0 Å². The summed E-state index contributed by atoms with van der Waals surface area (Å²) in [6.45, 7) is 1.88. The van der Waals surface area contributed by atoms with Gasteiger partial charge < -0.3 is 10.1 Å². The predicted octanol–water partition coefficient (Wildman–Crippen LogP) is 2.01. The molecule has 2 rings (SSSR count). The van der Waals surface area contributed by atoms with E-state index in [1.165, 1.54) is 0 Å². The number of hydrogen-bond donors (Lipinski definition) is 2. The maximum Gasteiger partial charge on any atom is 0.307 e. The molecule has 0 aliphatic carbocycles. The third-order valence-electron chi connectivity index (χ3n) is 2.30. The second-order valence-electron chi connectivity index (χ2n) is 3.65. The van der Waals surface area contributed by atoms with Gasteiger partial charge in [0.2, 0.25) is 0 Å². The summed E-state index contributed by atoms with van der Waals surface area (Å²) in [5.41, 5.74) is 2.65. The van der Waals surface area contributed by atoms with E-state index in [1.54, 1.807) is 12.3 Å². The van der Waals surface area contributed by atoms with Crippen molar-refractivity contribution in [1.29, 1.82) is 0 Å². The Morgan fingerprint density at radius 3 is 2.94 bits per heavy atom. The first kappa shape index (κ1) is 10.4. The summed E-state index contributed by atoms with van der Waals surface area (Å²) in [5, 5.41) is 8.71. The van der Waals surface area contributed by atoms with Gasteiger partial charge >= 0.3 is 5.97 Å². The highest BCUT2D eigenvalue weighted by molar-refractivity contribution is 5.71. The number of hydrogen-bond acceptors (Lipinski definition) is 2. The molecule has 4 heteroatoms. The summed E-state index contributed by atoms with van der Waals surface area (Å²) in [4.78, 5) is 17.8. The Morgan fingerprint density at radius 2 is 2.31 bits per heavy atom. The van der Waals surface area contributed by atoms with E-state index in [4.69, 9.17) is 5.11 Å². The first-order valence-corrected chi connectivity index (χ1v) is 4.98. The number of aromatic amines is 1. The number of rotatable bonds is 3. The van der Waals surface area contributed by atoms with Gasteiger partial charge in [-0.05, 0) is 24.1 Å². The molecule has 0 aliphatic rings. The molecule has 2 aromatic rings. The monoisotopic (exact) mass is 216 g/mol. The number of carbonyl (C=O) groups is 1. The topological polar surface area (TPSA) is 66.0 Å². The van der Waals surface area contributed by atoms with Gasteiger partial charge in [-0.2, -0.15) is 0 Å². The summed E-state index contributed by atoms with van der Waals surface area (Å²) < 4.78 is 0. The zero-order valence-corrected chi connectivity index (χ0v) is 8.90. The van der Waals surface area contributed by atoms with Crippen LogP contribution in [0.3, 0.4) is 0 Å². The Kier molecular flexibility index (Phi) is 2.72. The number of imidazole rings is 1. The van der Waals surface area contributed by atoms with E-state index in [-0.39, 0.29) is 6.42 Å². The van der Waals surface area contributed by atoms with Gasteiger partial charge in [-0.15, -0.1) is 0 Å². The van der Waals surface area contributed by atoms with E-state index in [0.717, 1.165) is 22.6 Å². The van der Waals surface area contributed by atoms with Crippen LogP contribution >= 0.6 is 0 Å². The molecule has 0 radical (unpaired) electrons. The van der Waals surface area contributed by atoms with E-state index in [1.807, 2.05) is 25.1 Å². The number of H-pyrrole nitrogens is 1. The van der Waals surface area contributed by atoms with Crippen LogP contribution in [-0.2, 0) is 11.2 Å². The number of nitrogens with zero attached hydrogens (tertiary/aromatic N) is 1. The summed E-state index contributed by atoms with van der Waals surface area (Å²) in [7, 11) is 0. The van der Waals surface area contributed by atoms with E-state index < -0.39 is 5.97 Å². The Morgan fingerprint density at radius 1 is 1.50 bits per heavy atom. The van der Waals surface area contributed by atoms with E-state index >= 15 is 0 Å². The van der Waals surface area contributed by atoms with E-state index in [9.17, 15) is 4.79 Å². The van der Waals surface area contributed by atoms with Crippen molar-refractivity contribution in [3.8, 4) is 11.3 Å². The van der Waals surface area contributed by atoms with E-state index in [2.05, 4.69) is 9.97 Å². The van der Waals surface area contributed by atoms with Gasteiger partial charge in [0.1, 0.15) is 5.82 Å². The van der Waals surface area contributed by atoms with Crippen LogP contribution in [-0.4, -0.2) is 21.0 Å². The fraction of sp³-hybridized carbons (Fsp3) is 0.167. The average Bonchev–Trinajstić information content (AvgIpc) is 2.64. The zero-order chi connectivity index (χ0) is 11.5. The molecular weight excluding hydrogens is 204 g/mol. The Bertz CT molecular complexity index is 517. The molecule has 1 aromatic carbocycles. The standard InChI is InChI=1S/C12H12N2O2/c1-8-13-7-11(14-8)10-4-2-3-9(5-10)6-12(15)16/h2-5,7H,6H2,1H3,(H,13,14)(H,15,16). The minimum atomic E-state index is -0.821. The molecule has 0 spiro atoms. The number of carboxylic acids is 1. The number of aryl methyl sites for hydroxylation is 1. The van der Waals surface area contributed by atoms with Crippen LogP contribution in [0.25, 0.3) is 11.3 Å². The molecule has 82 valence electrons. The molecule has 4 nitrogen and oxygen atoms in total. The lowest BCUT2D eigenvalue weighted by Gasteiger charge is -2.01. The molecule has 16 heavy (non-hydrogen) atoms. The van der Waals surface area contributed by atoms with Gasteiger partial charge in [0.15, 0.2) is 0 Å². The van der Waals surface area contributed by atoms with Crippen molar-refractivity contribution in [2.45, 2.75) is 13.3 Å². The summed E-state index contributed by atoms with van der Waals surface area (Å²) >= 11 is 0. The molecular formula is C12H12N2O2. The summed E-state index contributed by atoms with van der Waals surface area (Å²) in [6.07, 6.45) is 1.79. The highest BCUT2D eigenvalue weighted by Gasteiger charge is 2.04. The van der Waals surface area contributed by atoms with Crippen LogP contribution in [0.15, 0.2) is 30.5 Å². The third kappa shape index (κ3) is 2.28. The van der Waals surface area contributed by atoms with Crippen LogP contribution in [0.2, 0.25) is 0 Å². The van der Waals surface area contributed by atoms with E-state index in [0.29, 0.717) is 0 Å². The molecule has 0 bridgehead atoms. The summed E-state index contributed by atoms with van der Waals surface area (Å²) in [5.74, 6) is 0.0246. The molecule has 2 N–H and O–H groups in total. The molecule has 0 fully saturated rings. The molecule has 0 amide bonds.